The molecule has 0 aliphatic carbocycles. The third-order valence-electron chi connectivity index (χ3n) is 2.92. The van der Waals surface area contributed by atoms with Gasteiger partial charge in [-0.2, -0.15) is 0 Å². The highest BCUT2D eigenvalue weighted by Crippen LogP contribution is 2.25. The van der Waals surface area contributed by atoms with Crippen LogP contribution < -0.4 is 10.6 Å². The highest BCUT2D eigenvalue weighted by molar-refractivity contribution is 7.99. The zero-order valence-corrected chi connectivity index (χ0v) is 13.4. The first-order valence-corrected chi connectivity index (χ1v) is 8.00. The monoisotopic (exact) mass is 314 g/mol. The van der Waals surface area contributed by atoms with Crippen LogP contribution in [0.2, 0.25) is 0 Å². The third kappa shape index (κ3) is 4.11. The summed E-state index contributed by atoms with van der Waals surface area (Å²) in [5, 5.41) is 5.58. The molecule has 2 aromatic carbocycles. The molecule has 2 N–H and O–H groups in total. The van der Waals surface area contributed by atoms with Gasteiger partial charge in [-0.25, -0.2) is 0 Å². The van der Waals surface area contributed by atoms with Gasteiger partial charge in [0.05, 0.1) is 16.9 Å². The Morgan fingerprint density at radius 2 is 1.55 bits per heavy atom. The Kier molecular flexibility index (Phi) is 5.61. The fourth-order valence-electron chi connectivity index (χ4n) is 2.02. The lowest BCUT2D eigenvalue weighted by Gasteiger charge is -2.13. The second-order valence-electron chi connectivity index (χ2n) is 4.61. The molecule has 2 amide bonds. The van der Waals surface area contributed by atoms with E-state index in [1.165, 1.54) is 6.92 Å². The molecule has 22 heavy (non-hydrogen) atoms. The predicted octanol–water partition coefficient (Wildman–Crippen LogP) is 4.01. The molecule has 0 spiro atoms. The number of carbonyl (C=O) groups is 2. The highest BCUT2D eigenvalue weighted by Gasteiger charge is 2.13. The SMILES string of the molecule is CCSc1ccccc1C(=O)Nc1ccccc1NC(C)=O. The number of nitrogens with one attached hydrogen (secondary N) is 2. The molecule has 0 radical (unpaired) electrons. The number of hydrogen-bond donors (Lipinski definition) is 2. The Hall–Kier alpha value is -2.27. The molecule has 0 fully saturated rings. The lowest BCUT2D eigenvalue weighted by Crippen LogP contribution is -2.15. The minimum Gasteiger partial charge on any atom is -0.325 e. The van der Waals surface area contributed by atoms with Gasteiger partial charge in [0.2, 0.25) is 5.91 Å². The Bertz CT molecular complexity index is 686. The molecule has 0 heterocycles. The van der Waals surface area contributed by atoms with E-state index in [0.717, 1.165) is 10.6 Å². The third-order valence-corrected chi connectivity index (χ3v) is 3.87. The summed E-state index contributed by atoms with van der Waals surface area (Å²) in [6.07, 6.45) is 0. The van der Waals surface area contributed by atoms with E-state index < -0.39 is 0 Å². The zero-order chi connectivity index (χ0) is 15.9. The highest BCUT2D eigenvalue weighted by atomic mass is 32.2. The molecule has 114 valence electrons. The minimum atomic E-state index is -0.186. The first kappa shape index (κ1) is 16.1. The predicted molar refractivity (Wildman–Crippen MR) is 91.5 cm³/mol. The van der Waals surface area contributed by atoms with E-state index in [1.807, 2.05) is 37.3 Å². The summed E-state index contributed by atoms with van der Waals surface area (Å²) < 4.78 is 0. The van der Waals surface area contributed by atoms with Crippen molar-refractivity contribution < 1.29 is 9.59 Å². The maximum Gasteiger partial charge on any atom is 0.256 e. The van der Waals surface area contributed by atoms with Gasteiger partial charge in [-0.05, 0) is 30.0 Å². The molecular formula is C17H18N2O2S. The number of benzene rings is 2. The normalized spacial score (nSPS) is 10.1. The van der Waals surface area contributed by atoms with E-state index in [0.29, 0.717) is 16.9 Å². The number of thioether (sulfide) groups is 1. The first-order valence-electron chi connectivity index (χ1n) is 7.01. The Morgan fingerprint density at radius 3 is 2.18 bits per heavy atom. The summed E-state index contributed by atoms with van der Waals surface area (Å²) in [6, 6.07) is 14.6. The Labute approximate surface area is 134 Å². The lowest BCUT2D eigenvalue weighted by molar-refractivity contribution is -0.114. The molecule has 0 aromatic heterocycles. The van der Waals surface area contributed by atoms with Crippen LogP contribution in [0.4, 0.5) is 11.4 Å². The van der Waals surface area contributed by atoms with Crippen molar-refractivity contribution in [3.05, 3.63) is 54.1 Å². The first-order chi connectivity index (χ1) is 10.6. The molecule has 0 aliphatic heterocycles. The molecule has 2 rings (SSSR count). The maximum atomic E-state index is 12.5. The van der Waals surface area contributed by atoms with E-state index >= 15 is 0 Å². The zero-order valence-electron chi connectivity index (χ0n) is 12.6. The van der Waals surface area contributed by atoms with Crippen molar-refractivity contribution in [2.45, 2.75) is 18.7 Å². The van der Waals surface area contributed by atoms with Crippen molar-refractivity contribution in [2.24, 2.45) is 0 Å². The Balaban J connectivity index is 2.24. The van der Waals surface area contributed by atoms with Crippen LogP contribution in [0, 0.1) is 0 Å². The summed E-state index contributed by atoms with van der Waals surface area (Å²) in [7, 11) is 0. The van der Waals surface area contributed by atoms with Crippen LogP contribution in [0.3, 0.4) is 0 Å². The van der Waals surface area contributed by atoms with Crippen LogP contribution in [0.25, 0.3) is 0 Å². The van der Waals surface area contributed by atoms with Gasteiger partial charge in [-0.15, -0.1) is 11.8 Å². The van der Waals surface area contributed by atoms with Crippen molar-refractivity contribution in [3.63, 3.8) is 0 Å². The van der Waals surface area contributed by atoms with Gasteiger partial charge < -0.3 is 10.6 Å². The number of rotatable bonds is 5. The van der Waals surface area contributed by atoms with Crippen molar-refractivity contribution in [2.75, 3.05) is 16.4 Å². The largest absolute Gasteiger partial charge is 0.325 e. The van der Waals surface area contributed by atoms with E-state index in [4.69, 9.17) is 0 Å². The average molecular weight is 314 g/mol. The summed E-state index contributed by atoms with van der Waals surface area (Å²) >= 11 is 1.63. The van der Waals surface area contributed by atoms with Crippen LogP contribution in [-0.4, -0.2) is 17.6 Å². The summed E-state index contributed by atoms with van der Waals surface area (Å²) in [6.45, 7) is 3.48. The number of anilines is 2. The molecule has 0 atom stereocenters. The van der Waals surface area contributed by atoms with E-state index in [2.05, 4.69) is 10.6 Å². The van der Waals surface area contributed by atoms with Gasteiger partial charge in [0, 0.05) is 11.8 Å². The van der Waals surface area contributed by atoms with E-state index in [-0.39, 0.29) is 11.8 Å². The number of para-hydroxylation sites is 2. The van der Waals surface area contributed by atoms with Crippen molar-refractivity contribution >= 4 is 35.0 Å². The van der Waals surface area contributed by atoms with Crippen molar-refractivity contribution in [1.29, 1.82) is 0 Å². The van der Waals surface area contributed by atoms with Crippen LogP contribution >= 0.6 is 11.8 Å². The molecule has 2 aromatic rings. The fraction of sp³-hybridized carbons (Fsp3) is 0.176. The van der Waals surface area contributed by atoms with Crippen molar-refractivity contribution in [1.82, 2.24) is 0 Å². The van der Waals surface area contributed by atoms with Crippen LogP contribution in [0.15, 0.2) is 53.4 Å². The summed E-state index contributed by atoms with van der Waals surface area (Å²) in [4.78, 5) is 24.7. The van der Waals surface area contributed by atoms with Crippen LogP contribution in [-0.2, 0) is 4.79 Å². The van der Waals surface area contributed by atoms with Crippen LogP contribution in [0.5, 0.6) is 0 Å². The standard InChI is InChI=1S/C17H18N2O2S/c1-3-22-16-11-7-4-8-13(16)17(21)19-15-10-6-5-9-14(15)18-12(2)20/h4-11H,3H2,1-2H3,(H,18,20)(H,19,21). The number of carbonyl (C=O) groups excluding carboxylic acids is 2. The molecule has 0 unspecified atom stereocenters. The average Bonchev–Trinajstić information content (AvgIpc) is 2.49. The summed E-state index contributed by atoms with van der Waals surface area (Å²) in [5.74, 6) is 0.533. The van der Waals surface area contributed by atoms with E-state index in [1.54, 1.807) is 30.0 Å². The Morgan fingerprint density at radius 1 is 0.955 bits per heavy atom. The van der Waals surface area contributed by atoms with Crippen molar-refractivity contribution in [3.8, 4) is 0 Å². The second-order valence-corrected chi connectivity index (χ2v) is 5.92. The van der Waals surface area contributed by atoms with Gasteiger partial charge in [0.25, 0.3) is 5.91 Å². The summed E-state index contributed by atoms with van der Waals surface area (Å²) in [5.41, 5.74) is 1.80. The molecule has 0 bridgehead atoms. The van der Waals surface area contributed by atoms with Crippen LogP contribution in [0.1, 0.15) is 24.2 Å². The maximum absolute atomic E-state index is 12.5. The molecule has 0 saturated heterocycles. The molecule has 0 aliphatic rings. The number of hydrogen-bond acceptors (Lipinski definition) is 3. The van der Waals surface area contributed by atoms with Gasteiger partial charge >= 0.3 is 0 Å². The van der Waals surface area contributed by atoms with Gasteiger partial charge in [-0.1, -0.05) is 31.2 Å². The second kappa shape index (κ2) is 7.66. The van der Waals surface area contributed by atoms with Gasteiger partial charge in [0.1, 0.15) is 0 Å². The van der Waals surface area contributed by atoms with E-state index in [9.17, 15) is 9.59 Å². The number of amides is 2. The quantitative estimate of drug-likeness (QED) is 0.820. The smallest absolute Gasteiger partial charge is 0.256 e. The molecule has 0 saturated carbocycles. The fourth-order valence-corrected chi connectivity index (χ4v) is 2.82. The molecule has 4 nitrogen and oxygen atoms in total. The molecule has 5 heteroatoms. The van der Waals surface area contributed by atoms with Gasteiger partial charge in [0.15, 0.2) is 0 Å². The molecular weight excluding hydrogens is 296 g/mol. The topological polar surface area (TPSA) is 58.2 Å². The lowest BCUT2D eigenvalue weighted by atomic mass is 10.2. The minimum absolute atomic E-state index is 0.177. The van der Waals surface area contributed by atoms with Gasteiger partial charge in [-0.3, -0.25) is 9.59 Å².